The van der Waals surface area contributed by atoms with Crippen LogP contribution in [0.3, 0.4) is 0 Å². The van der Waals surface area contributed by atoms with Gasteiger partial charge in [-0.1, -0.05) is 0 Å². The molecule has 1 saturated heterocycles. The zero-order valence-corrected chi connectivity index (χ0v) is 10.3. The highest BCUT2D eigenvalue weighted by Crippen LogP contribution is 2.32. The standard InChI is InChI=1S/C11H19F3N2O/c1-7(2)16(3)10(17)9-5-4-8(6-15-9)11(12,13)14/h7-9,15H,4-6H2,1-3H3. The number of rotatable bonds is 2. The summed E-state index contributed by atoms with van der Waals surface area (Å²) in [6, 6.07) is -0.411. The molecule has 1 amide bonds. The molecule has 1 aliphatic heterocycles. The van der Waals surface area contributed by atoms with Gasteiger partial charge in [-0.25, -0.2) is 0 Å². The maximum absolute atomic E-state index is 12.4. The van der Waals surface area contributed by atoms with Crippen molar-refractivity contribution in [3.8, 4) is 0 Å². The second-order valence-corrected chi connectivity index (χ2v) is 4.82. The Labute approximate surface area is 99.4 Å². The summed E-state index contributed by atoms with van der Waals surface area (Å²) in [4.78, 5) is 13.4. The van der Waals surface area contributed by atoms with Crippen molar-refractivity contribution in [3.63, 3.8) is 0 Å². The van der Waals surface area contributed by atoms with Gasteiger partial charge in [0.05, 0.1) is 12.0 Å². The third kappa shape index (κ3) is 3.59. The van der Waals surface area contributed by atoms with Gasteiger partial charge in [0, 0.05) is 19.6 Å². The van der Waals surface area contributed by atoms with Crippen LogP contribution < -0.4 is 5.32 Å². The minimum Gasteiger partial charge on any atom is -0.342 e. The quantitative estimate of drug-likeness (QED) is 0.812. The Hall–Kier alpha value is -0.780. The Morgan fingerprint density at radius 1 is 1.35 bits per heavy atom. The molecule has 100 valence electrons. The van der Waals surface area contributed by atoms with Crippen molar-refractivity contribution in [2.45, 2.75) is 44.9 Å². The fourth-order valence-corrected chi connectivity index (χ4v) is 1.85. The first-order valence-electron chi connectivity index (χ1n) is 5.80. The Morgan fingerprint density at radius 3 is 2.29 bits per heavy atom. The lowest BCUT2D eigenvalue weighted by molar-refractivity contribution is -0.180. The number of halogens is 3. The first-order valence-corrected chi connectivity index (χ1v) is 5.80. The van der Waals surface area contributed by atoms with Gasteiger partial charge >= 0.3 is 6.18 Å². The second-order valence-electron chi connectivity index (χ2n) is 4.82. The van der Waals surface area contributed by atoms with Crippen molar-refractivity contribution in [2.24, 2.45) is 5.92 Å². The summed E-state index contributed by atoms with van der Waals surface area (Å²) in [5.74, 6) is -1.45. The smallest absolute Gasteiger partial charge is 0.342 e. The molecular weight excluding hydrogens is 233 g/mol. The first kappa shape index (κ1) is 14.3. The van der Waals surface area contributed by atoms with Crippen molar-refractivity contribution in [1.82, 2.24) is 10.2 Å². The van der Waals surface area contributed by atoms with Gasteiger partial charge < -0.3 is 10.2 Å². The van der Waals surface area contributed by atoms with E-state index in [4.69, 9.17) is 0 Å². The van der Waals surface area contributed by atoms with Crippen LogP contribution >= 0.6 is 0 Å². The zero-order chi connectivity index (χ0) is 13.2. The second kappa shape index (κ2) is 5.25. The van der Waals surface area contributed by atoms with E-state index < -0.39 is 18.1 Å². The predicted octanol–water partition coefficient (Wildman–Crippen LogP) is 1.78. The maximum atomic E-state index is 12.4. The molecule has 0 aliphatic carbocycles. The highest BCUT2D eigenvalue weighted by molar-refractivity contribution is 5.82. The molecular formula is C11H19F3N2O. The first-order chi connectivity index (χ1) is 7.73. The molecule has 17 heavy (non-hydrogen) atoms. The molecule has 0 bridgehead atoms. The Balaban J connectivity index is 2.50. The van der Waals surface area contributed by atoms with Crippen molar-refractivity contribution in [2.75, 3.05) is 13.6 Å². The van der Waals surface area contributed by atoms with Gasteiger partial charge in [-0.3, -0.25) is 4.79 Å². The molecule has 6 heteroatoms. The van der Waals surface area contributed by atoms with E-state index in [0.717, 1.165) is 0 Å². The van der Waals surface area contributed by atoms with Crippen LogP contribution in [0.5, 0.6) is 0 Å². The molecule has 0 aromatic heterocycles. The fourth-order valence-electron chi connectivity index (χ4n) is 1.85. The molecule has 1 aliphatic rings. The van der Waals surface area contributed by atoms with Gasteiger partial charge in [-0.05, 0) is 26.7 Å². The summed E-state index contributed by atoms with van der Waals surface area (Å²) < 4.78 is 37.3. The van der Waals surface area contributed by atoms with Gasteiger partial charge in [0.15, 0.2) is 0 Å². The van der Waals surface area contributed by atoms with Crippen LogP contribution in [0.2, 0.25) is 0 Å². The molecule has 3 nitrogen and oxygen atoms in total. The number of likely N-dealkylation sites (N-methyl/N-ethyl adjacent to an activating group) is 1. The van der Waals surface area contributed by atoms with Gasteiger partial charge in [-0.15, -0.1) is 0 Å². The van der Waals surface area contributed by atoms with E-state index in [1.807, 2.05) is 13.8 Å². The molecule has 1 N–H and O–H groups in total. The van der Waals surface area contributed by atoms with Crippen LogP contribution in [0.25, 0.3) is 0 Å². The molecule has 0 aromatic rings. The van der Waals surface area contributed by atoms with Crippen molar-refractivity contribution < 1.29 is 18.0 Å². The Bertz CT molecular complexity index is 270. The van der Waals surface area contributed by atoms with Gasteiger partial charge in [0.1, 0.15) is 0 Å². The molecule has 1 fully saturated rings. The van der Waals surface area contributed by atoms with Gasteiger partial charge in [-0.2, -0.15) is 13.2 Å². The molecule has 1 rings (SSSR count). The Morgan fingerprint density at radius 2 is 1.94 bits per heavy atom. The number of amides is 1. The number of hydrogen-bond donors (Lipinski definition) is 1. The topological polar surface area (TPSA) is 32.3 Å². The van der Waals surface area contributed by atoms with E-state index in [0.29, 0.717) is 0 Å². The number of hydrogen-bond acceptors (Lipinski definition) is 2. The molecule has 0 saturated carbocycles. The molecule has 0 aromatic carbocycles. The molecule has 1 heterocycles. The third-order valence-corrected chi connectivity index (χ3v) is 3.30. The summed E-state index contributed by atoms with van der Waals surface area (Å²) in [5, 5.41) is 2.70. The van der Waals surface area contributed by atoms with Crippen molar-refractivity contribution >= 4 is 5.91 Å². The number of carbonyl (C=O) groups is 1. The number of alkyl halides is 3. The highest BCUT2D eigenvalue weighted by atomic mass is 19.4. The van der Waals surface area contributed by atoms with E-state index in [-0.39, 0.29) is 31.3 Å². The molecule has 0 spiro atoms. The van der Waals surface area contributed by atoms with Crippen molar-refractivity contribution in [3.05, 3.63) is 0 Å². The van der Waals surface area contributed by atoms with E-state index in [1.54, 1.807) is 11.9 Å². The monoisotopic (exact) mass is 252 g/mol. The summed E-state index contributed by atoms with van der Waals surface area (Å²) in [5.41, 5.74) is 0. The number of nitrogens with zero attached hydrogens (tertiary/aromatic N) is 1. The fraction of sp³-hybridized carbons (Fsp3) is 0.909. The summed E-state index contributed by atoms with van der Waals surface area (Å²) >= 11 is 0. The molecule has 0 radical (unpaired) electrons. The number of carbonyl (C=O) groups excluding carboxylic acids is 1. The highest BCUT2D eigenvalue weighted by Gasteiger charge is 2.42. The average Bonchev–Trinajstić information content (AvgIpc) is 2.26. The van der Waals surface area contributed by atoms with E-state index in [1.165, 1.54) is 0 Å². The lowest BCUT2D eigenvalue weighted by atomic mass is 9.93. The lowest BCUT2D eigenvalue weighted by Gasteiger charge is -2.33. The number of nitrogens with one attached hydrogen (secondary N) is 1. The predicted molar refractivity (Wildman–Crippen MR) is 58.5 cm³/mol. The normalized spacial score (nSPS) is 26.1. The Kier molecular flexibility index (Phi) is 4.41. The maximum Gasteiger partial charge on any atom is 0.393 e. The van der Waals surface area contributed by atoms with Crippen molar-refractivity contribution in [1.29, 1.82) is 0 Å². The number of piperidine rings is 1. The average molecular weight is 252 g/mol. The summed E-state index contributed by atoms with van der Waals surface area (Å²) in [6.45, 7) is 3.59. The van der Waals surface area contributed by atoms with Crippen LogP contribution in [0.1, 0.15) is 26.7 Å². The minimum atomic E-state index is -4.16. The minimum absolute atomic E-state index is 0.0266. The summed E-state index contributed by atoms with van der Waals surface area (Å²) in [6.07, 6.45) is -3.89. The third-order valence-electron chi connectivity index (χ3n) is 3.30. The SMILES string of the molecule is CC(C)N(C)C(=O)C1CCC(C(F)(F)F)CN1. The summed E-state index contributed by atoms with van der Waals surface area (Å²) in [7, 11) is 1.67. The van der Waals surface area contributed by atoms with E-state index >= 15 is 0 Å². The zero-order valence-electron chi connectivity index (χ0n) is 10.3. The lowest BCUT2D eigenvalue weighted by Crippen LogP contribution is -2.52. The van der Waals surface area contributed by atoms with Crippen LogP contribution in [-0.4, -0.2) is 42.7 Å². The largest absolute Gasteiger partial charge is 0.393 e. The van der Waals surface area contributed by atoms with E-state index in [2.05, 4.69) is 5.32 Å². The van der Waals surface area contributed by atoms with Crippen LogP contribution in [0.4, 0.5) is 13.2 Å². The molecule has 2 unspecified atom stereocenters. The van der Waals surface area contributed by atoms with Crippen LogP contribution in [-0.2, 0) is 4.79 Å². The van der Waals surface area contributed by atoms with Gasteiger partial charge in [0.2, 0.25) is 5.91 Å². The van der Waals surface area contributed by atoms with Gasteiger partial charge in [0.25, 0.3) is 0 Å². The van der Waals surface area contributed by atoms with Crippen LogP contribution in [0.15, 0.2) is 0 Å². The van der Waals surface area contributed by atoms with E-state index in [9.17, 15) is 18.0 Å². The van der Waals surface area contributed by atoms with Crippen LogP contribution in [0, 0.1) is 5.92 Å². The molecule has 2 atom stereocenters.